The number of carbonyl (C=O) groups is 1. The molecule has 1 aliphatic carbocycles. The molecule has 1 aromatic rings. The fraction of sp³-hybridized carbons (Fsp3) is 0.588. The molecular weight excluding hydrogens is 321 g/mol. The van der Waals surface area contributed by atoms with Gasteiger partial charge < -0.3 is 15.4 Å². The van der Waals surface area contributed by atoms with Gasteiger partial charge in [0.15, 0.2) is 0 Å². The Morgan fingerprint density at radius 3 is 2.33 bits per heavy atom. The van der Waals surface area contributed by atoms with Crippen LogP contribution in [-0.4, -0.2) is 37.0 Å². The molecule has 0 bridgehead atoms. The number of hydrogen-bond donors (Lipinski definition) is 2. The Balaban J connectivity index is 1.52. The number of benzene rings is 1. The van der Waals surface area contributed by atoms with Crippen molar-refractivity contribution in [3.8, 4) is 0 Å². The van der Waals surface area contributed by atoms with E-state index in [4.69, 9.17) is 4.74 Å². The van der Waals surface area contributed by atoms with Gasteiger partial charge in [0.25, 0.3) is 0 Å². The van der Waals surface area contributed by atoms with Crippen LogP contribution in [0.3, 0.4) is 0 Å². The Morgan fingerprint density at radius 2 is 1.75 bits per heavy atom. The SMILES string of the molecule is O=C(NC1CC(c2ccccc2)C1)NC1(C(F)(F)F)CCOCC1. The lowest BCUT2D eigenvalue weighted by atomic mass is 9.76. The van der Waals surface area contributed by atoms with Crippen LogP contribution >= 0.6 is 0 Å². The van der Waals surface area contributed by atoms with Crippen molar-refractivity contribution >= 4 is 6.03 Å². The van der Waals surface area contributed by atoms with Crippen molar-refractivity contribution < 1.29 is 22.7 Å². The third kappa shape index (κ3) is 3.50. The summed E-state index contributed by atoms with van der Waals surface area (Å²) in [5, 5.41) is 4.84. The van der Waals surface area contributed by atoms with Gasteiger partial charge in [0.1, 0.15) is 5.54 Å². The van der Waals surface area contributed by atoms with Gasteiger partial charge in [-0.25, -0.2) is 4.79 Å². The molecule has 24 heavy (non-hydrogen) atoms. The summed E-state index contributed by atoms with van der Waals surface area (Å²) >= 11 is 0. The average Bonchev–Trinajstić information content (AvgIpc) is 2.51. The quantitative estimate of drug-likeness (QED) is 0.885. The van der Waals surface area contributed by atoms with Crippen LogP contribution in [-0.2, 0) is 4.74 Å². The molecule has 2 amide bonds. The molecule has 1 heterocycles. The molecule has 0 aromatic heterocycles. The van der Waals surface area contributed by atoms with Crippen LogP contribution in [0.2, 0.25) is 0 Å². The van der Waals surface area contributed by atoms with Gasteiger partial charge in [0, 0.05) is 32.1 Å². The molecule has 0 radical (unpaired) electrons. The van der Waals surface area contributed by atoms with Gasteiger partial charge in [0.2, 0.25) is 0 Å². The third-order valence-corrected chi connectivity index (χ3v) is 4.99. The van der Waals surface area contributed by atoms with Crippen LogP contribution in [0.15, 0.2) is 30.3 Å². The zero-order valence-corrected chi connectivity index (χ0v) is 13.2. The van der Waals surface area contributed by atoms with E-state index < -0.39 is 17.7 Å². The third-order valence-electron chi connectivity index (χ3n) is 4.99. The normalized spacial score (nSPS) is 26.3. The van der Waals surface area contributed by atoms with Gasteiger partial charge in [-0.3, -0.25) is 0 Å². The number of carbonyl (C=O) groups excluding carboxylic acids is 1. The standard InChI is InChI=1S/C17H21F3N2O2/c18-17(19,20)16(6-8-24-9-7-16)22-15(23)21-14-10-13(11-14)12-4-2-1-3-5-12/h1-5,13-14H,6-11H2,(H2,21,22,23). The summed E-state index contributed by atoms with van der Waals surface area (Å²) < 4.78 is 45.1. The van der Waals surface area contributed by atoms with Crippen LogP contribution < -0.4 is 10.6 Å². The fourth-order valence-electron chi connectivity index (χ4n) is 3.37. The highest BCUT2D eigenvalue weighted by Crippen LogP contribution is 2.39. The number of hydrogen-bond acceptors (Lipinski definition) is 2. The summed E-state index contributed by atoms with van der Waals surface area (Å²) in [7, 11) is 0. The molecule has 2 N–H and O–H groups in total. The molecular formula is C17H21F3N2O2. The maximum atomic E-state index is 13.4. The lowest BCUT2D eigenvalue weighted by molar-refractivity contribution is -0.212. The first-order valence-corrected chi connectivity index (χ1v) is 8.18. The van der Waals surface area contributed by atoms with Crippen molar-refractivity contribution in [2.45, 2.75) is 49.4 Å². The smallest absolute Gasteiger partial charge is 0.381 e. The molecule has 0 spiro atoms. The first-order chi connectivity index (χ1) is 11.4. The molecule has 0 atom stereocenters. The van der Waals surface area contributed by atoms with Gasteiger partial charge >= 0.3 is 12.2 Å². The van der Waals surface area contributed by atoms with Gasteiger partial charge in [-0.2, -0.15) is 13.2 Å². The molecule has 0 unspecified atom stereocenters. The van der Waals surface area contributed by atoms with E-state index in [2.05, 4.69) is 10.6 Å². The zero-order chi connectivity index (χ0) is 17.2. The molecule has 4 nitrogen and oxygen atoms in total. The Kier molecular flexibility index (Phi) is 4.71. The van der Waals surface area contributed by atoms with E-state index in [1.165, 1.54) is 5.56 Å². The Hall–Kier alpha value is -1.76. The number of amides is 2. The molecule has 7 heteroatoms. The topological polar surface area (TPSA) is 50.4 Å². The van der Waals surface area contributed by atoms with Gasteiger partial charge in [-0.05, 0) is 24.3 Å². The van der Waals surface area contributed by atoms with Crippen LogP contribution in [0.25, 0.3) is 0 Å². The second kappa shape index (κ2) is 6.63. The second-order valence-electron chi connectivity index (χ2n) is 6.57. The number of urea groups is 1. The second-order valence-corrected chi connectivity index (χ2v) is 6.57. The number of alkyl halides is 3. The minimum Gasteiger partial charge on any atom is -0.381 e. The van der Waals surface area contributed by atoms with Crippen molar-refractivity contribution in [1.29, 1.82) is 0 Å². The highest BCUT2D eigenvalue weighted by molar-refractivity contribution is 5.75. The van der Waals surface area contributed by atoms with Crippen LogP contribution in [0.5, 0.6) is 0 Å². The van der Waals surface area contributed by atoms with E-state index in [9.17, 15) is 18.0 Å². The first kappa shape index (κ1) is 17.1. The molecule has 2 fully saturated rings. The highest BCUT2D eigenvalue weighted by atomic mass is 19.4. The maximum Gasteiger partial charge on any atom is 0.411 e. The Bertz CT molecular complexity index is 565. The summed E-state index contributed by atoms with van der Waals surface area (Å²) in [6, 6.07) is 9.09. The van der Waals surface area contributed by atoms with Crippen molar-refractivity contribution in [3.05, 3.63) is 35.9 Å². The summed E-state index contributed by atoms with van der Waals surface area (Å²) in [5.41, 5.74) is -0.982. The largest absolute Gasteiger partial charge is 0.411 e. The molecule has 2 aliphatic rings. The number of rotatable bonds is 3. The zero-order valence-electron chi connectivity index (χ0n) is 13.2. The van der Waals surface area contributed by atoms with E-state index in [1.807, 2.05) is 30.3 Å². The number of nitrogens with one attached hydrogen (secondary N) is 2. The lowest BCUT2D eigenvalue weighted by Gasteiger charge is -2.41. The predicted molar refractivity (Wildman–Crippen MR) is 82.7 cm³/mol. The molecule has 1 aliphatic heterocycles. The predicted octanol–water partition coefficient (Wildman–Crippen LogP) is 3.34. The Morgan fingerprint density at radius 1 is 1.12 bits per heavy atom. The summed E-state index contributed by atoms with van der Waals surface area (Å²) in [6.45, 7) is -0.00139. The van der Waals surface area contributed by atoms with E-state index >= 15 is 0 Å². The molecule has 132 valence electrons. The van der Waals surface area contributed by atoms with Crippen molar-refractivity contribution in [2.24, 2.45) is 0 Å². The molecule has 1 aromatic carbocycles. The van der Waals surface area contributed by atoms with E-state index in [0.717, 1.165) is 12.8 Å². The van der Waals surface area contributed by atoms with Gasteiger partial charge in [0.05, 0.1) is 0 Å². The molecule has 3 rings (SSSR count). The fourth-order valence-corrected chi connectivity index (χ4v) is 3.37. The molecule has 1 saturated heterocycles. The molecule has 1 saturated carbocycles. The van der Waals surface area contributed by atoms with E-state index in [0.29, 0.717) is 5.92 Å². The van der Waals surface area contributed by atoms with Crippen molar-refractivity contribution in [1.82, 2.24) is 10.6 Å². The Labute approximate surface area is 138 Å². The number of ether oxygens (including phenoxy) is 1. The van der Waals surface area contributed by atoms with E-state index in [1.54, 1.807) is 0 Å². The van der Waals surface area contributed by atoms with Crippen LogP contribution in [0, 0.1) is 0 Å². The summed E-state index contributed by atoms with van der Waals surface area (Å²) in [6.07, 6.45) is -3.48. The first-order valence-electron chi connectivity index (χ1n) is 8.18. The minimum atomic E-state index is -4.49. The van der Waals surface area contributed by atoms with Crippen molar-refractivity contribution in [2.75, 3.05) is 13.2 Å². The van der Waals surface area contributed by atoms with Crippen LogP contribution in [0.4, 0.5) is 18.0 Å². The van der Waals surface area contributed by atoms with E-state index in [-0.39, 0.29) is 32.1 Å². The highest BCUT2D eigenvalue weighted by Gasteiger charge is 2.56. The monoisotopic (exact) mass is 342 g/mol. The average molecular weight is 342 g/mol. The van der Waals surface area contributed by atoms with Crippen LogP contribution in [0.1, 0.15) is 37.2 Å². The summed E-state index contributed by atoms with van der Waals surface area (Å²) in [4.78, 5) is 12.0. The van der Waals surface area contributed by atoms with Crippen molar-refractivity contribution in [3.63, 3.8) is 0 Å². The maximum absolute atomic E-state index is 13.4. The van der Waals surface area contributed by atoms with Gasteiger partial charge in [-0.1, -0.05) is 30.3 Å². The summed E-state index contributed by atoms with van der Waals surface area (Å²) in [5.74, 6) is 0.358. The van der Waals surface area contributed by atoms with Gasteiger partial charge in [-0.15, -0.1) is 0 Å². The minimum absolute atomic E-state index is 0.000695. The lowest BCUT2D eigenvalue weighted by Crippen LogP contribution is -2.64. The number of halogens is 3.